The van der Waals surface area contributed by atoms with E-state index in [2.05, 4.69) is 15.9 Å². The minimum absolute atomic E-state index is 1.15. The zero-order valence-corrected chi connectivity index (χ0v) is 7.76. The van der Waals surface area contributed by atoms with E-state index in [1.807, 2.05) is 25.2 Å². The van der Waals surface area contributed by atoms with Crippen LogP contribution in [0.25, 0.3) is 0 Å². The molecular formula is C8H11BrO. The van der Waals surface area contributed by atoms with E-state index in [9.17, 15) is 0 Å². The van der Waals surface area contributed by atoms with Crippen molar-refractivity contribution in [2.24, 2.45) is 0 Å². The standard InChI is InChI=1S/C8H11BrO/c1-8(4-3-6-9)5-7-10-2/h3-7H,1-2H3/b6-3+,7-5+,8-4+. The lowest BCUT2D eigenvalue weighted by atomic mass is 10.3. The molecule has 0 rings (SSSR count). The molecule has 10 heavy (non-hydrogen) atoms. The minimum Gasteiger partial charge on any atom is -0.504 e. The van der Waals surface area contributed by atoms with Crippen molar-refractivity contribution < 1.29 is 4.74 Å². The molecule has 0 amide bonds. The van der Waals surface area contributed by atoms with Crippen LogP contribution in [0.2, 0.25) is 0 Å². The van der Waals surface area contributed by atoms with Gasteiger partial charge in [-0.2, -0.15) is 0 Å². The number of rotatable bonds is 3. The van der Waals surface area contributed by atoms with E-state index in [4.69, 9.17) is 4.74 Å². The van der Waals surface area contributed by atoms with E-state index in [-0.39, 0.29) is 0 Å². The number of methoxy groups -OCH3 is 1. The van der Waals surface area contributed by atoms with E-state index in [1.165, 1.54) is 0 Å². The molecule has 0 bridgehead atoms. The van der Waals surface area contributed by atoms with Crippen molar-refractivity contribution in [1.29, 1.82) is 0 Å². The van der Waals surface area contributed by atoms with Crippen molar-refractivity contribution >= 4 is 15.9 Å². The first-order chi connectivity index (χ1) is 4.81. The molecule has 0 atom stereocenters. The number of hydrogen-bond acceptors (Lipinski definition) is 1. The molecule has 0 aromatic carbocycles. The first-order valence-corrected chi connectivity index (χ1v) is 3.86. The van der Waals surface area contributed by atoms with E-state index in [0.717, 1.165) is 5.57 Å². The Morgan fingerprint density at radius 2 is 2.20 bits per heavy atom. The summed E-state index contributed by atoms with van der Waals surface area (Å²) in [5.74, 6) is 0. The lowest BCUT2D eigenvalue weighted by molar-refractivity contribution is 0.338. The molecule has 0 aliphatic carbocycles. The molecule has 0 aliphatic rings. The molecule has 56 valence electrons. The van der Waals surface area contributed by atoms with Crippen LogP contribution >= 0.6 is 15.9 Å². The first kappa shape index (κ1) is 9.50. The second kappa shape index (κ2) is 6.62. The third kappa shape index (κ3) is 5.63. The summed E-state index contributed by atoms with van der Waals surface area (Å²) in [5.41, 5.74) is 1.15. The van der Waals surface area contributed by atoms with Gasteiger partial charge in [-0.3, -0.25) is 0 Å². The molecule has 0 fully saturated rings. The van der Waals surface area contributed by atoms with Crippen molar-refractivity contribution in [2.45, 2.75) is 6.92 Å². The third-order valence-electron chi connectivity index (χ3n) is 0.899. The fraction of sp³-hybridized carbons (Fsp3) is 0.250. The highest BCUT2D eigenvalue weighted by Gasteiger charge is 1.75. The van der Waals surface area contributed by atoms with Crippen LogP contribution in [-0.2, 0) is 4.74 Å². The number of allylic oxidation sites excluding steroid dienone is 4. The summed E-state index contributed by atoms with van der Waals surface area (Å²) in [7, 11) is 1.63. The molecular weight excluding hydrogens is 192 g/mol. The molecule has 0 saturated carbocycles. The monoisotopic (exact) mass is 202 g/mol. The summed E-state index contributed by atoms with van der Waals surface area (Å²) in [6, 6.07) is 0. The molecule has 0 aromatic heterocycles. The maximum absolute atomic E-state index is 4.74. The Labute approximate surface area is 70.2 Å². The molecule has 0 radical (unpaired) electrons. The van der Waals surface area contributed by atoms with Crippen molar-refractivity contribution in [3.05, 3.63) is 35.0 Å². The highest BCUT2D eigenvalue weighted by Crippen LogP contribution is 1.96. The number of halogens is 1. The molecule has 0 N–H and O–H groups in total. The van der Waals surface area contributed by atoms with Gasteiger partial charge in [0, 0.05) is 0 Å². The summed E-state index contributed by atoms with van der Waals surface area (Å²) >= 11 is 3.17. The van der Waals surface area contributed by atoms with E-state index in [0.29, 0.717) is 0 Å². The van der Waals surface area contributed by atoms with Gasteiger partial charge in [-0.05, 0) is 23.6 Å². The fourth-order valence-corrected chi connectivity index (χ4v) is 0.572. The Bertz CT molecular complexity index is 157. The van der Waals surface area contributed by atoms with Crippen molar-refractivity contribution in [3.8, 4) is 0 Å². The van der Waals surface area contributed by atoms with Crippen LogP contribution in [0.1, 0.15) is 6.92 Å². The topological polar surface area (TPSA) is 9.23 Å². The Balaban J connectivity index is 3.81. The van der Waals surface area contributed by atoms with E-state index >= 15 is 0 Å². The summed E-state index contributed by atoms with van der Waals surface area (Å²) in [6.07, 6.45) is 7.43. The average molecular weight is 203 g/mol. The van der Waals surface area contributed by atoms with Crippen LogP contribution in [-0.4, -0.2) is 7.11 Å². The lowest BCUT2D eigenvalue weighted by Gasteiger charge is -1.87. The fourth-order valence-electron chi connectivity index (χ4n) is 0.419. The summed E-state index contributed by atoms with van der Waals surface area (Å²) in [5, 5.41) is 0. The summed E-state index contributed by atoms with van der Waals surface area (Å²) in [6.45, 7) is 2.00. The average Bonchev–Trinajstić information content (AvgIpc) is 1.97. The van der Waals surface area contributed by atoms with Gasteiger partial charge < -0.3 is 4.74 Å². The zero-order valence-electron chi connectivity index (χ0n) is 6.17. The number of hydrogen-bond donors (Lipinski definition) is 0. The van der Waals surface area contributed by atoms with Gasteiger partial charge in [-0.1, -0.05) is 28.1 Å². The Morgan fingerprint density at radius 3 is 2.70 bits per heavy atom. The SMILES string of the molecule is CO/C=C/C(C)=C/C=C/Br. The summed E-state index contributed by atoms with van der Waals surface area (Å²) in [4.78, 5) is 1.80. The van der Waals surface area contributed by atoms with E-state index in [1.54, 1.807) is 18.4 Å². The second-order valence-electron chi connectivity index (χ2n) is 1.77. The van der Waals surface area contributed by atoms with Gasteiger partial charge in [-0.25, -0.2) is 0 Å². The van der Waals surface area contributed by atoms with Gasteiger partial charge in [0.1, 0.15) is 0 Å². The van der Waals surface area contributed by atoms with Crippen molar-refractivity contribution in [3.63, 3.8) is 0 Å². The van der Waals surface area contributed by atoms with Gasteiger partial charge in [0.25, 0.3) is 0 Å². The quantitative estimate of drug-likeness (QED) is 0.506. The first-order valence-electron chi connectivity index (χ1n) is 2.94. The Kier molecular flexibility index (Phi) is 6.29. The molecule has 1 nitrogen and oxygen atoms in total. The summed E-state index contributed by atoms with van der Waals surface area (Å²) < 4.78 is 4.74. The van der Waals surface area contributed by atoms with Crippen molar-refractivity contribution in [1.82, 2.24) is 0 Å². The maximum atomic E-state index is 4.74. The predicted octanol–water partition coefficient (Wildman–Crippen LogP) is 3.00. The van der Waals surface area contributed by atoms with Gasteiger partial charge in [0.15, 0.2) is 0 Å². The van der Waals surface area contributed by atoms with Crippen LogP contribution < -0.4 is 0 Å². The van der Waals surface area contributed by atoms with Gasteiger partial charge in [0.05, 0.1) is 13.4 Å². The molecule has 0 heterocycles. The molecule has 0 spiro atoms. The molecule has 0 saturated heterocycles. The molecule has 2 heteroatoms. The molecule has 0 unspecified atom stereocenters. The largest absolute Gasteiger partial charge is 0.504 e. The molecule has 0 aliphatic heterocycles. The second-order valence-corrected chi connectivity index (χ2v) is 2.30. The highest BCUT2D eigenvalue weighted by molar-refractivity contribution is 9.11. The normalized spacial score (nSPS) is 13.3. The maximum Gasteiger partial charge on any atom is 0.0827 e. The Morgan fingerprint density at radius 1 is 1.50 bits per heavy atom. The van der Waals surface area contributed by atoms with Crippen LogP contribution in [0, 0.1) is 0 Å². The number of ether oxygens (including phenoxy) is 1. The third-order valence-corrected chi connectivity index (χ3v) is 1.20. The van der Waals surface area contributed by atoms with Crippen LogP contribution in [0.5, 0.6) is 0 Å². The predicted molar refractivity (Wildman–Crippen MR) is 48.0 cm³/mol. The van der Waals surface area contributed by atoms with Crippen LogP contribution in [0.4, 0.5) is 0 Å². The van der Waals surface area contributed by atoms with Gasteiger partial charge >= 0.3 is 0 Å². The van der Waals surface area contributed by atoms with Gasteiger partial charge in [0.2, 0.25) is 0 Å². The van der Waals surface area contributed by atoms with E-state index < -0.39 is 0 Å². The highest BCUT2D eigenvalue weighted by atomic mass is 79.9. The van der Waals surface area contributed by atoms with Crippen molar-refractivity contribution in [2.75, 3.05) is 7.11 Å². The smallest absolute Gasteiger partial charge is 0.0827 e. The molecule has 0 aromatic rings. The Hall–Kier alpha value is -0.500. The van der Waals surface area contributed by atoms with Crippen LogP contribution in [0.3, 0.4) is 0 Å². The van der Waals surface area contributed by atoms with Crippen LogP contribution in [0.15, 0.2) is 35.0 Å². The zero-order chi connectivity index (χ0) is 7.82. The minimum atomic E-state index is 1.15. The van der Waals surface area contributed by atoms with Gasteiger partial charge in [-0.15, -0.1) is 0 Å². The lowest BCUT2D eigenvalue weighted by Crippen LogP contribution is -1.68.